The molecule has 0 aliphatic carbocycles. The second-order valence-electron chi connectivity index (χ2n) is 5.43. The molecule has 1 aliphatic rings. The minimum atomic E-state index is -0.0857. The molecule has 0 radical (unpaired) electrons. The van der Waals surface area contributed by atoms with Crippen molar-refractivity contribution in [2.24, 2.45) is 0 Å². The number of carbonyl (C=O) groups excluding carboxylic acids is 1. The zero-order chi connectivity index (χ0) is 15.8. The lowest BCUT2D eigenvalue weighted by molar-refractivity contribution is -0.116. The van der Waals surface area contributed by atoms with E-state index in [4.69, 9.17) is 4.74 Å². The SMILES string of the molecule is COc1cccc(-c2[nH]nc3c2C(c2cn[nH]c2)CC(=O)N3)c1. The summed E-state index contributed by atoms with van der Waals surface area (Å²) >= 11 is 0. The summed E-state index contributed by atoms with van der Waals surface area (Å²) in [6, 6.07) is 7.74. The number of rotatable bonds is 3. The van der Waals surface area contributed by atoms with Crippen molar-refractivity contribution in [1.29, 1.82) is 0 Å². The highest BCUT2D eigenvalue weighted by atomic mass is 16.5. The van der Waals surface area contributed by atoms with Gasteiger partial charge in [-0.1, -0.05) is 12.1 Å². The summed E-state index contributed by atoms with van der Waals surface area (Å²) in [5.74, 6) is 1.21. The highest BCUT2D eigenvalue weighted by Crippen LogP contribution is 2.41. The van der Waals surface area contributed by atoms with Crippen LogP contribution in [-0.2, 0) is 4.79 Å². The average molecular weight is 309 g/mol. The molecule has 1 unspecified atom stereocenters. The molecule has 1 aromatic carbocycles. The molecular weight excluding hydrogens is 294 g/mol. The number of ether oxygens (including phenoxy) is 1. The third-order valence-corrected chi connectivity index (χ3v) is 4.08. The molecule has 23 heavy (non-hydrogen) atoms. The molecule has 2 aromatic heterocycles. The number of amides is 1. The van der Waals surface area contributed by atoms with E-state index in [9.17, 15) is 4.79 Å². The molecule has 4 rings (SSSR count). The van der Waals surface area contributed by atoms with E-state index in [0.29, 0.717) is 12.2 Å². The molecule has 1 amide bonds. The molecule has 1 atom stereocenters. The number of anilines is 1. The summed E-state index contributed by atoms with van der Waals surface area (Å²) in [5, 5.41) is 17.0. The van der Waals surface area contributed by atoms with Crippen molar-refractivity contribution >= 4 is 11.7 Å². The van der Waals surface area contributed by atoms with Gasteiger partial charge in [0.1, 0.15) is 5.75 Å². The average Bonchev–Trinajstić information content (AvgIpc) is 3.23. The summed E-state index contributed by atoms with van der Waals surface area (Å²) in [5.41, 5.74) is 3.78. The number of carbonyl (C=O) groups is 1. The number of aromatic nitrogens is 4. The van der Waals surface area contributed by atoms with Gasteiger partial charge in [-0.25, -0.2) is 0 Å². The van der Waals surface area contributed by atoms with E-state index in [1.807, 2.05) is 30.5 Å². The molecule has 3 N–H and O–H groups in total. The molecule has 3 heterocycles. The highest BCUT2D eigenvalue weighted by Gasteiger charge is 2.32. The number of nitrogens with one attached hydrogen (secondary N) is 3. The van der Waals surface area contributed by atoms with Crippen LogP contribution in [-0.4, -0.2) is 33.4 Å². The van der Waals surface area contributed by atoms with Gasteiger partial charge in [-0.3, -0.25) is 15.0 Å². The molecule has 116 valence electrons. The Bertz CT molecular complexity index is 853. The first-order chi connectivity index (χ1) is 11.3. The van der Waals surface area contributed by atoms with Gasteiger partial charge >= 0.3 is 0 Å². The number of nitrogens with zero attached hydrogens (tertiary/aromatic N) is 2. The van der Waals surface area contributed by atoms with Crippen molar-refractivity contribution in [3.8, 4) is 17.0 Å². The minimum Gasteiger partial charge on any atom is -0.497 e. The number of benzene rings is 1. The fourth-order valence-electron chi connectivity index (χ4n) is 2.99. The molecular formula is C16H15N5O2. The van der Waals surface area contributed by atoms with Crippen molar-refractivity contribution in [1.82, 2.24) is 20.4 Å². The maximum Gasteiger partial charge on any atom is 0.226 e. The number of hydrogen-bond donors (Lipinski definition) is 3. The van der Waals surface area contributed by atoms with Gasteiger partial charge in [0.25, 0.3) is 0 Å². The van der Waals surface area contributed by atoms with Crippen LogP contribution >= 0.6 is 0 Å². The van der Waals surface area contributed by atoms with E-state index in [2.05, 4.69) is 25.7 Å². The molecule has 3 aromatic rings. The Morgan fingerprint density at radius 1 is 1.35 bits per heavy atom. The fourth-order valence-corrected chi connectivity index (χ4v) is 2.99. The number of methoxy groups -OCH3 is 1. The van der Waals surface area contributed by atoms with Crippen LogP contribution < -0.4 is 10.1 Å². The summed E-state index contributed by atoms with van der Waals surface area (Å²) < 4.78 is 5.29. The lowest BCUT2D eigenvalue weighted by Gasteiger charge is -2.22. The molecule has 7 heteroatoms. The number of aromatic amines is 2. The second-order valence-corrected chi connectivity index (χ2v) is 5.43. The third kappa shape index (κ3) is 2.26. The first kappa shape index (κ1) is 13.6. The lowest BCUT2D eigenvalue weighted by atomic mass is 9.86. The molecule has 0 bridgehead atoms. The van der Waals surface area contributed by atoms with Crippen molar-refractivity contribution in [3.63, 3.8) is 0 Å². The first-order valence-electron chi connectivity index (χ1n) is 7.27. The standard InChI is InChI=1S/C16H15N5O2/c1-23-11-4-2-3-9(5-11)15-14-12(10-7-17-18-8-10)6-13(22)19-16(14)21-20-15/h2-5,7-8,12H,6H2,1H3,(H,17,18)(H2,19,20,21,22). The Balaban J connectivity index is 1.86. The van der Waals surface area contributed by atoms with Gasteiger partial charge in [-0.05, 0) is 17.7 Å². The normalized spacial score (nSPS) is 16.7. The maximum atomic E-state index is 12.0. The lowest BCUT2D eigenvalue weighted by Crippen LogP contribution is -2.23. The predicted molar refractivity (Wildman–Crippen MR) is 84.3 cm³/mol. The Morgan fingerprint density at radius 2 is 2.26 bits per heavy atom. The van der Waals surface area contributed by atoms with Crippen molar-refractivity contribution in [2.75, 3.05) is 12.4 Å². The van der Waals surface area contributed by atoms with E-state index < -0.39 is 0 Å². The topological polar surface area (TPSA) is 95.7 Å². The third-order valence-electron chi connectivity index (χ3n) is 4.08. The van der Waals surface area contributed by atoms with Crippen LogP contribution in [0.2, 0.25) is 0 Å². The van der Waals surface area contributed by atoms with Crippen LogP contribution in [0.1, 0.15) is 23.5 Å². The van der Waals surface area contributed by atoms with E-state index in [0.717, 1.165) is 28.1 Å². The monoisotopic (exact) mass is 309 g/mol. The van der Waals surface area contributed by atoms with Crippen LogP contribution in [0, 0.1) is 0 Å². The summed E-state index contributed by atoms with van der Waals surface area (Å²) in [7, 11) is 1.63. The Morgan fingerprint density at radius 3 is 3.04 bits per heavy atom. The van der Waals surface area contributed by atoms with Crippen molar-refractivity contribution in [3.05, 3.63) is 47.8 Å². The van der Waals surface area contributed by atoms with E-state index >= 15 is 0 Å². The quantitative estimate of drug-likeness (QED) is 0.691. The van der Waals surface area contributed by atoms with Gasteiger partial charge in [0.05, 0.1) is 19.0 Å². The summed E-state index contributed by atoms with van der Waals surface area (Å²) in [4.78, 5) is 12.0. The first-order valence-corrected chi connectivity index (χ1v) is 7.27. The van der Waals surface area contributed by atoms with Crippen molar-refractivity contribution < 1.29 is 9.53 Å². The van der Waals surface area contributed by atoms with E-state index in [1.54, 1.807) is 13.3 Å². The van der Waals surface area contributed by atoms with Crippen LogP contribution in [0.4, 0.5) is 5.82 Å². The van der Waals surface area contributed by atoms with Crippen LogP contribution in [0.25, 0.3) is 11.3 Å². The Kier molecular flexibility index (Phi) is 3.11. The number of H-pyrrole nitrogens is 2. The van der Waals surface area contributed by atoms with Crippen molar-refractivity contribution in [2.45, 2.75) is 12.3 Å². The van der Waals surface area contributed by atoms with Gasteiger partial charge in [0.2, 0.25) is 5.91 Å². The van der Waals surface area contributed by atoms with Gasteiger partial charge in [0.15, 0.2) is 5.82 Å². The highest BCUT2D eigenvalue weighted by molar-refractivity contribution is 5.96. The molecule has 1 aliphatic heterocycles. The van der Waals surface area contributed by atoms with E-state index in [-0.39, 0.29) is 11.8 Å². The molecule has 0 fully saturated rings. The van der Waals surface area contributed by atoms with Gasteiger partial charge in [-0.2, -0.15) is 10.2 Å². The predicted octanol–water partition coefficient (Wildman–Crippen LogP) is 2.28. The smallest absolute Gasteiger partial charge is 0.226 e. The largest absolute Gasteiger partial charge is 0.497 e. The number of fused-ring (bicyclic) bond motifs is 1. The zero-order valence-corrected chi connectivity index (χ0v) is 12.5. The molecule has 0 saturated heterocycles. The summed E-state index contributed by atoms with van der Waals surface area (Å²) in [6.45, 7) is 0. The van der Waals surface area contributed by atoms with Gasteiger partial charge in [0, 0.05) is 29.7 Å². The van der Waals surface area contributed by atoms with Gasteiger partial charge < -0.3 is 10.1 Å². The fraction of sp³-hybridized carbons (Fsp3) is 0.188. The van der Waals surface area contributed by atoms with Crippen LogP contribution in [0.5, 0.6) is 5.75 Å². The van der Waals surface area contributed by atoms with E-state index in [1.165, 1.54) is 0 Å². The number of hydrogen-bond acceptors (Lipinski definition) is 4. The van der Waals surface area contributed by atoms with Crippen LogP contribution in [0.3, 0.4) is 0 Å². The minimum absolute atomic E-state index is 0.0487. The molecule has 0 spiro atoms. The summed E-state index contributed by atoms with van der Waals surface area (Å²) in [6.07, 6.45) is 3.92. The molecule has 0 saturated carbocycles. The zero-order valence-electron chi connectivity index (χ0n) is 12.5. The Hall–Kier alpha value is -3.09. The van der Waals surface area contributed by atoms with Crippen LogP contribution in [0.15, 0.2) is 36.7 Å². The second kappa shape index (κ2) is 5.28. The Labute approximate surface area is 132 Å². The van der Waals surface area contributed by atoms with Gasteiger partial charge in [-0.15, -0.1) is 0 Å². The maximum absolute atomic E-state index is 12.0. The molecule has 7 nitrogen and oxygen atoms in total.